The van der Waals surface area contributed by atoms with E-state index in [9.17, 15) is 20.0 Å². The maximum atomic E-state index is 11.1. The number of carbonyl (C=O) groups excluding carboxylic acids is 1. The number of aliphatic hydroxyl groups excluding tert-OH is 1. The van der Waals surface area contributed by atoms with Gasteiger partial charge in [0.1, 0.15) is 5.78 Å². The quantitative estimate of drug-likeness (QED) is 0.624. The summed E-state index contributed by atoms with van der Waals surface area (Å²) in [6.07, 6.45) is -0.918. The lowest BCUT2D eigenvalue weighted by atomic mass is 9.94. The molecule has 0 aliphatic carbocycles. The van der Waals surface area contributed by atoms with Crippen molar-refractivity contribution in [2.75, 3.05) is 0 Å². The first-order valence-electron chi connectivity index (χ1n) is 4.86. The minimum Gasteiger partial charge on any atom is -0.388 e. The molecule has 2 atom stereocenters. The molecular formula is C11H13NO4. The molecule has 0 spiro atoms. The zero-order chi connectivity index (χ0) is 12.3. The van der Waals surface area contributed by atoms with Gasteiger partial charge in [0.2, 0.25) is 0 Å². The van der Waals surface area contributed by atoms with Crippen molar-refractivity contribution in [3.63, 3.8) is 0 Å². The third-order valence-corrected chi connectivity index (χ3v) is 2.56. The predicted octanol–water partition coefficient (Wildman–Crippen LogP) is 1.85. The van der Waals surface area contributed by atoms with Gasteiger partial charge in [0.25, 0.3) is 5.69 Å². The molecule has 5 heteroatoms. The molecule has 0 heterocycles. The number of nitrogens with zero attached hydrogens (tertiary/aromatic N) is 1. The number of nitro benzene ring substituents is 1. The van der Waals surface area contributed by atoms with E-state index in [0.717, 1.165) is 0 Å². The number of hydrogen-bond acceptors (Lipinski definition) is 4. The van der Waals surface area contributed by atoms with Gasteiger partial charge in [0.15, 0.2) is 0 Å². The molecule has 0 radical (unpaired) electrons. The normalized spacial score (nSPS) is 14.2. The molecule has 0 saturated carbocycles. The highest BCUT2D eigenvalue weighted by Gasteiger charge is 2.20. The fraction of sp³-hybridized carbons (Fsp3) is 0.364. The predicted molar refractivity (Wildman–Crippen MR) is 57.9 cm³/mol. The van der Waals surface area contributed by atoms with Crippen LogP contribution in [0.25, 0.3) is 0 Å². The topological polar surface area (TPSA) is 80.4 Å². The Kier molecular flexibility index (Phi) is 3.73. The van der Waals surface area contributed by atoms with E-state index >= 15 is 0 Å². The first-order chi connectivity index (χ1) is 7.43. The minimum atomic E-state index is -0.918. The first-order valence-corrected chi connectivity index (χ1v) is 4.86. The van der Waals surface area contributed by atoms with E-state index < -0.39 is 16.9 Å². The molecule has 0 saturated heterocycles. The second-order valence-electron chi connectivity index (χ2n) is 3.69. The number of nitro groups is 1. The molecule has 0 aromatic heterocycles. The lowest BCUT2D eigenvalue weighted by Gasteiger charge is -2.16. The number of rotatable bonds is 4. The highest BCUT2D eigenvalue weighted by Crippen LogP contribution is 2.24. The molecule has 0 aliphatic rings. The van der Waals surface area contributed by atoms with Crippen LogP contribution < -0.4 is 0 Å². The van der Waals surface area contributed by atoms with Crippen molar-refractivity contribution in [1.82, 2.24) is 0 Å². The van der Waals surface area contributed by atoms with Gasteiger partial charge in [-0.15, -0.1) is 0 Å². The van der Waals surface area contributed by atoms with Crippen molar-refractivity contribution in [3.8, 4) is 0 Å². The molecule has 1 N–H and O–H groups in total. The van der Waals surface area contributed by atoms with Crippen LogP contribution in [-0.4, -0.2) is 15.8 Å². The van der Waals surface area contributed by atoms with Gasteiger partial charge in [0.05, 0.1) is 11.0 Å². The fourth-order valence-electron chi connectivity index (χ4n) is 1.30. The average Bonchev–Trinajstić information content (AvgIpc) is 2.27. The highest BCUT2D eigenvalue weighted by molar-refractivity contribution is 5.78. The molecule has 1 rings (SSSR count). The number of aliphatic hydroxyl groups is 1. The summed E-state index contributed by atoms with van der Waals surface area (Å²) in [5.41, 5.74) is 0.472. The molecule has 0 amide bonds. The largest absolute Gasteiger partial charge is 0.388 e. The Hall–Kier alpha value is -1.75. The minimum absolute atomic E-state index is 0.0357. The number of benzene rings is 1. The van der Waals surface area contributed by atoms with E-state index in [2.05, 4.69) is 0 Å². The molecule has 1 aromatic carbocycles. The lowest BCUT2D eigenvalue weighted by Crippen LogP contribution is -2.16. The summed E-state index contributed by atoms with van der Waals surface area (Å²) in [6.45, 7) is 3.02. The molecule has 16 heavy (non-hydrogen) atoms. The van der Waals surface area contributed by atoms with Crippen LogP contribution >= 0.6 is 0 Å². The first kappa shape index (κ1) is 12.3. The van der Waals surface area contributed by atoms with E-state index in [1.165, 1.54) is 31.2 Å². The van der Waals surface area contributed by atoms with Crippen molar-refractivity contribution in [1.29, 1.82) is 0 Å². The number of hydrogen-bond donors (Lipinski definition) is 1. The van der Waals surface area contributed by atoms with Gasteiger partial charge in [-0.25, -0.2) is 0 Å². The third kappa shape index (κ3) is 2.64. The summed E-state index contributed by atoms with van der Waals surface area (Å²) in [5, 5.41) is 20.2. The number of ketones is 1. The van der Waals surface area contributed by atoms with Gasteiger partial charge in [-0.2, -0.15) is 0 Å². The molecule has 5 nitrogen and oxygen atoms in total. The van der Waals surface area contributed by atoms with Crippen LogP contribution in [0.2, 0.25) is 0 Å². The molecule has 86 valence electrons. The summed E-state index contributed by atoms with van der Waals surface area (Å²) in [6, 6.07) is 5.54. The van der Waals surface area contributed by atoms with Crippen LogP contribution in [0.4, 0.5) is 5.69 Å². The summed E-state index contributed by atoms with van der Waals surface area (Å²) in [5.74, 6) is -0.632. The zero-order valence-corrected chi connectivity index (χ0v) is 9.08. The van der Waals surface area contributed by atoms with Crippen LogP contribution in [0, 0.1) is 16.0 Å². The second-order valence-corrected chi connectivity index (χ2v) is 3.69. The van der Waals surface area contributed by atoms with E-state index in [1.807, 2.05) is 0 Å². The molecule has 0 aliphatic heterocycles. The zero-order valence-electron chi connectivity index (χ0n) is 9.08. The summed E-state index contributed by atoms with van der Waals surface area (Å²) in [7, 11) is 0. The second kappa shape index (κ2) is 4.85. The van der Waals surface area contributed by atoms with Crippen LogP contribution in [0.3, 0.4) is 0 Å². The number of Topliss-reactive ketones (excluding diaryl/α,β-unsaturated/α-hetero) is 1. The monoisotopic (exact) mass is 223 g/mol. The van der Waals surface area contributed by atoms with E-state index in [1.54, 1.807) is 6.92 Å². The van der Waals surface area contributed by atoms with Gasteiger partial charge in [-0.3, -0.25) is 14.9 Å². The number of non-ortho nitro benzene ring substituents is 1. The Morgan fingerprint density at radius 1 is 1.38 bits per heavy atom. The molecule has 0 bridgehead atoms. The Labute approximate surface area is 92.9 Å². The summed E-state index contributed by atoms with van der Waals surface area (Å²) < 4.78 is 0. The molecular weight excluding hydrogens is 210 g/mol. The van der Waals surface area contributed by atoms with Gasteiger partial charge < -0.3 is 5.11 Å². The van der Waals surface area contributed by atoms with Gasteiger partial charge in [0, 0.05) is 18.1 Å². The Balaban J connectivity index is 2.89. The Bertz CT molecular complexity index is 399. The molecule has 0 fully saturated rings. The maximum absolute atomic E-state index is 11.1. The standard InChI is InChI=1S/C11H13NO4/c1-7(8(2)13)11(14)9-3-5-10(6-4-9)12(15)16/h3-7,11,14H,1-2H3/t7-,11+/m0/s1. The van der Waals surface area contributed by atoms with Crippen molar-refractivity contribution < 1.29 is 14.8 Å². The highest BCUT2D eigenvalue weighted by atomic mass is 16.6. The Morgan fingerprint density at radius 3 is 2.25 bits per heavy atom. The smallest absolute Gasteiger partial charge is 0.269 e. The van der Waals surface area contributed by atoms with Crippen molar-refractivity contribution in [2.45, 2.75) is 20.0 Å². The maximum Gasteiger partial charge on any atom is 0.269 e. The van der Waals surface area contributed by atoms with Crippen LogP contribution in [-0.2, 0) is 4.79 Å². The van der Waals surface area contributed by atoms with Crippen LogP contribution in [0.1, 0.15) is 25.5 Å². The third-order valence-electron chi connectivity index (χ3n) is 2.56. The summed E-state index contributed by atoms with van der Waals surface area (Å²) >= 11 is 0. The van der Waals surface area contributed by atoms with Crippen molar-refractivity contribution >= 4 is 11.5 Å². The molecule has 0 unspecified atom stereocenters. The van der Waals surface area contributed by atoms with Crippen LogP contribution in [0.5, 0.6) is 0 Å². The number of carbonyl (C=O) groups is 1. The van der Waals surface area contributed by atoms with Gasteiger partial charge in [-0.1, -0.05) is 6.92 Å². The van der Waals surface area contributed by atoms with Gasteiger partial charge >= 0.3 is 0 Å². The van der Waals surface area contributed by atoms with E-state index in [0.29, 0.717) is 5.56 Å². The lowest BCUT2D eigenvalue weighted by molar-refractivity contribution is -0.384. The van der Waals surface area contributed by atoms with E-state index in [-0.39, 0.29) is 11.5 Å². The average molecular weight is 223 g/mol. The van der Waals surface area contributed by atoms with E-state index in [4.69, 9.17) is 0 Å². The molecule has 1 aromatic rings. The SMILES string of the molecule is CC(=O)[C@H](C)[C@@H](O)c1ccc([N+](=O)[O-])cc1. The van der Waals surface area contributed by atoms with Crippen molar-refractivity contribution in [2.24, 2.45) is 5.92 Å². The van der Waals surface area contributed by atoms with Crippen LogP contribution in [0.15, 0.2) is 24.3 Å². The summed E-state index contributed by atoms with van der Waals surface area (Å²) in [4.78, 5) is 21.0. The fourth-order valence-corrected chi connectivity index (χ4v) is 1.30. The Morgan fingerprint density at radius 2 is 1.88 bits per heavy atom. The van der Waals surface area contributed by atoms with Crippen molar-refractivity contribution in [3.05, 3.63) is 39.9 Å². The van der Waals surface area contributed by atoms with Gasteiger partial charge in [-0.05, 0) is 24.6 Å².